The van der Waals surface area contributed by atoms with Gasteiger partial charge in [-0.1, -0.05) is 32.4 Å². The summed E-state index contributed by atoms with van der Waals surface area (Å²) in [7, 11) is -3.74. The second-order valence-electron chi connectivity index (χ2n) is 5.35. The quantitative estimate of drug-likeness (QED) is 0.718. The number of hydrogen-bond donors (Lipinski definition) is 1. The van der Waals surface area contributed by atoms with Crippen LogP contribution in [0.3, 0.4) is 0 Å². The van der Waals surface area contributed by atoms with Crippen LogP contribution in [-0.4, -0.2) is 44.4 Å². The Morgan fingerprint density at radius 1 is 1.29 bits per heavy atom. The number of rotatable bonds is 9. The van der Waals surface area contributed by atoms with E-state index >= 15 is 0 Å². The van der Waals surface area contributed by atoms with Gasteiger partial charge in [0, 0.05) is 24.2 Å². The van der Waals surface area contributed by atoms with E-state index in [1.165, 1.54) is 22.5 Å². The van der Waals surface area contributed by atoms with Crippen LogP contribution in [0, 0.1) is 0 Å². The molecule has 0 saturated heterocycles. The van der Waals surface area contributed by atoms with Crippen LogP contribution in [0.25, 0.3) is 0 Å². The van der Waals surface area contributed by atoms with Gasteiger partial charge >= 0.3 is 0 Å². The second-order valence-corrected chi connectivity index (χ2v) is 7.69. The molecule has 1 atom stereocenters. The highest BCUT2D eigenvalue weighted by atomic mass is 35.5. The third-order valence-electron chi connectivity index (χ3n) is 3.61. The van der Waals surface area contributed by atoms with E-state index in [0.29, 0.717) is 13.1 Å². The number of carbonyl (C=O) groups excluding carboxylic acids is 1. The van der Waals surface area contributed by atoms with Gasteiger partial charge in [0.2, 0.25) is 10.0 Å². The van der Waals surface area contributed by atoms with Gasteiger partial charge in [-0.25, -0.2) is 8.42 Å². The third kappa shape index (κ3) is 5.36. The van der Waals surface area contributed by atoms with Gasteiger partial charge in [0.25, 0.3) is 5.91 Å². The van der Waals surface area contributed by atoms with Gasteiger partial charge in [0.1, 0.15) is 10.6 Å². The summed E-state index contributed by atoms with van der Waals surface area (Å²) in [5.41, 5.74) is 0. The molecular formula is C16H25ClN2O4S. The van der Waals surface area contributed by atoms with Crippen LogP contribution < -0.4 is 10.1 Å². The molecule has 1 aromatic carbocycles. The van der Waals surface area contributed by atoms with Crippen molar-refractivity contribution < 1.29 is 17.9 Å². The van der Waals surface area contributed by atoms with E-state index in [9.17, 15) is 13.2 Å². The molecule has 1 amide bonds. The zero-order valence-corrected chi connectivity index (χ0v) is 16.1. The molecule has 0 aromatic heterocycles. The lowest BCUT2D eigenvalue weighted by atomic mass is 10.2. The van der Waals surface area contributed by atoms with E-state index in [0.717, 1.165) is 6.42 Å². The highest BCUT2D eigenvalue weighted by molar-refractivity contribution is 7.89. The Balaban J connectivity index is 3.03. The molecule has 0 saturated carbocycles. The number of halogens is 1. The molecule has 1 rings (SSSR count). The molecule has 6 nitrogen and oxygen atoms in total. The molecule has 0 unspecified atom stereocenters. The Hall–Kier alpha value is -1.31. The normalized spacial score (nSPS) is 12.9. The van der Waals surface area contributed by atoms with Crippen LogP contribution in [0.2, 0.25) is 5.02 Å². The highest BCUT2D eigenvalue weighted by Gasteiger charge is 2.26. The van der Waals surface area contributed by atoms with Crippen LogP contribution >= 0.6 is 11.6 Å². The summed E-state index contributed by atoms with van der Waals surface area (Å²) >= 11 is 5.95. The van der Waals surface area contributed by atoms with Crippen LogP contribution in [0.1, 0.15) is 34.1 Å². The first-order valence-electron chi connectivity index (χ1n) is 7.98. The molecule has 0 aliphatic heterocycles. The van der Waals surface area contributed by atoms with Crippen molar-refractivity contribution in [3.05, 3.63) is 23.2 Å². The van der Waals surface area contributed by atoms with Crippen molar-refractivity contribution in [3.63, 3.8) is 0 Å². The summed E-state index contributed by atoms with van der Waals surface area (Å²) in [6.07, 6.45) is 0.800. The van der Waals surface area contributed by atoms with Crippen molar-refractivity contribution in [2.45, 2.75) is 45.1 Å². The molecule has 0 radical (unpaired) electrons. The lowest BCUT2D eigenvalue weighted by molar-refractivity contribution is -0.123. The average Bonchev–Trinajstić information content (AvgIpc) is 2.54. The number of benzene rings is 1. The lowest BCUT2D eigenvalue weighted by Gasteiger charge is -2.21. The van der Waals surface area contributed by atoms with Crippen molar-refractivity contribution in [1.82, 2.24) is 9.62 Å². The van der Waals surface area contributed by atoms with Crippen LogP contribution in [0.4, 0.5) is 0 Å². The van der Waals surface area contributed by atoms with Crippen LogP contribution in [0.15, 0.2) is 23.1 Å². The number of carbonyl (C=O) groups is 1. The Morgan fingerprint density at radius 3 is 2.46 bits per heavy atom. The fourth-order valence-electron chi connectivity index (χ4n) is 2.07. The third-order valence-corrected chi connectivity index (χ3v) is 5.91. The molecule has 0 fully saturated rings. The predicted molar refractivity (Wildman–Crippen MR) is 94.9 cm³/mol. The van der Waals surface area contributed by atoms with Crippen molar-refractivity contribution in [2.24, 2.45) is 0 Å². The summed E-state index contributed by atoms with van der Waals surface area (Å²) in [6, 6.07) is 4.38. The number of sulfonamides is 1. The van der Waals surface area contributed by atoms with Crippen molar-refractivity contribution in [1.29, 1.82) is 0 Å². The van der Waals surface area contributed by atoms with Gasteiger partial charge in [-0.15, -0.1) is 0 Å². The topological polar surface area (TPSA) is 75.7 Å². The molecule has 0 heterocycles. The standard InChI is InChI=1S/C16H25ClN2O4S/c1-5-12(4)18-16(20)11-23-14-9-8-13(17)10-15(14)24(21,22)19(6-2)7-3/h8-10,12H,5-7,11H2,1-4H3,(H,18,20)/t12-/m1/s1. The Morgan fingerprint density at radius 2 is 1.92 bits per heavy atom. The predicted octanol–water partition coefficient (Wildman–Crippen LogP) is 2.66. The number of amides is 1. The van der Waals surface area contributed by atoms with E-state index in [2.05, 4.69) is 5.32 Å². The van der Waals surface area contributed by atoms with E-state index in [1.54, 1.807) is 13.8 Å². The summed E-state index contributed by atoms with van der Waals surface area (Å²) in [4.78, 5) is 11.8. The molecule has 0 bridgehead atoms. The van der Waals surface area contributed by atoms with E-state index in [1.807, 2.05) is 13.8 Å². The summed E-state index contributed by atoms with van der Waals surface area (Å²) < 4.78 is 32.2. The average molecular weight is 377 g/mol. The van der Waals surface area contributed by atoms with Gasteiger partial charge < -0.3 is 10.1 Å². The zero-order chi connectivity index (χ0) is 18.3. The van der Waals surface area contributed by atoms with Crippen LogP contribution in [-0.2, 0) is 14.8 Å². The van der Waals surface area contributed by atoms with Crippen molar-refractivity contribution >= 4 is 27.5 Å². The highest BCUT2D eigenvalue weighted by Crippen LogP contribution is 2.29. The van der Waals surface area contributed by atoms with Crippen molar-refractivity contribution in [3.8, 4) is 5.75 Å². The minimum Gasteiger partial charge on any atom is -0.482 e. The largest absolute Gasteiger partial charge is 0.482 e. The summed E-state index contributed by atoms with van der Waals surface area (Å²) in [5.74, 6) is -0.184. The smallest absolute Gasteiger partial charge is 0.258 e. The maximum absolute atomic E-state index is 12.7. The molecule has 8 heteroatoms. The van der Waals surface area contributed by atoms with Crippen molar-refractivity contribution in [2.75, 3.05) is 19.7 Å². The van der Waals surface area contributed by atoms with E-state index in [-0.39, 0.29) is 34.2 Å². The van der Waals surface area contributed by atoms with Gasteiger partial charge in [0.05, 0.1) is 0 Å². The minimum absolute atomic E-state index is 0.0324. The van der Waals surface area contributed by atoms with Gasteiger partial charge in [-0.05, 0) is 31.5 Å². The maximum Gasteiger partial charge on any atom is 0.258 e. The first-order valence-corrected chi connectivity index (χ1v) is 9.79. The Kier molecular flexibility index (Phi) is 7.99. The molecule has 136 valence electrons. The molecular weight excluding hydrogens is 352 g/mol. The van der Waals surface area contributed by atoms with Gasteiger partial charge in [0.15, 0.2) is 6.61 Å². The first kappa shape index (κ1) is 20.7. The minimum atomic E-state index is -3.74. The molecule has 0 spiro atoms. The SMILES string of the molecule is CC[C@@H](C)NC(=O)COc1ccc(Cl)cc1S(=O)(=O)N(CC)CC. The van der Waals surface area contributed by atoms with Gasteiger partial charge in [-0.2, -0.15) is 4.31 Å². The van der Waals surface area contributed by atoms with Gasteiger partial charge in [-0.3, -0.25) is 4.79 Å². The lowest BCUT2D eigenvalue weighted by Crippen LogP contribution is -2.36. The molecule has 0 aliphatic carbocycles. The van der Waals surface area contributed by atoms with Crippen LogP contribution in [0.5, 0.6) is 5.75 Å². The molecule has 0 aliphatic rings. The number of nitrogens with zero attached hydrogens (tertiary/aromatic N) is 1. The fourth-order valence-corrected chi connectivity index (χ4v) is 3.92. The summed E-state index contributed by atoms with van der Waals surface area (Å²) in [5, 5.41) is 3.05. The molecule has 1 N–H and O–H groups in total. The molecule has 24 heavy (non-hydrogen) atoms. The fraction of sp³-hybridized carbons (Fsp3) is 0.562. The first-order chi connectivity index (χ1) is 11.3. The molecule has 1 aromatic rings. The Labute approximate surface area is 149 Å². The van der Waals surface area contributed by atoms with E-state index in [4.69, 9.17) is 16.3 Å². The number of hydrogen-bond acceptors (Lipinski definition) is 4. The van der Waals surface area contributed by atoms with E-state index < -0.39 is 10.0 Å². The monoisotopic (exact) mass is 376 g/mol. The number of ether oxygens (including phenoxy) is 1. The number of nitrogens with one attached hydrogen (secondary N) is 1. The zero-order valence-electron chi connectivity index (χ0n) is 14.5. The summed E-state index contributed by atoms with van der Waals surface area (Å²) in [6.45, 7) is 7.76. The maximum atomic E-state index is 12.7. The second kappa shape index (κ2) is 9.25. The Bertz CT molecular complexity index is 660.